The van der Waals surface area contributed by atoms with Crippen molar-refractivity contribution in [2.75, 3.05) is 26.3 Å². The highest BCUT2D eigenvalue weighted by molar-refractivity contribution is 4.68. The molecule has 1 aliphatic heterocycles. The van der Waals surface area contributed by atoms with Gasteiger partial charge in [0.05, 0.1) is 0 Å². The van der Waals surface area contributed by atoms with E-state index < -0.39 is 0 Å². The van der Waals surface area contributed by atoms with Crippen molar-refractivity contribution in [3.05, 3.63) is 0 Å². The van der Waals surface area contributed by atoms with Gasteiger partial charge >= 0.3 is 0 Å². The lowest BCUT2D eigenvalue weighted by atomic mass is 9.97. The molecule has 2 heteroatoms. The van der Waals surface area contributed by atoms with Crippen LogP contribution in [-0.4, -0.2) is 26.3 Å². The predicted molar refractivity (Wildman–Crippen MR) is 60.6 cm³/mol. The summed E-state index contributed by atoms with van der Waals surface area (Å²) in [5.74, 6) is 0.870. The third-order valence-electron chi connectivity index (χ3n) is 2.96. The maximum atomic E-state index is 5.61. The van der Waals surface area contributed by atoms with E-state index in [0.29, 0.717) is 0 Å². The van der Waals surface area contributed by atoms with Crippen LogP contribution < -0.4 is 5.32 Å². The molecular formula is C12H25NO. The van der Waals surface area contributed by atoms with Gasteiger partial charge in [0.25, 0.3) is 0 Å². The molecule has 0 bridgehead atoms. The molecule has 84 valence electrons. The van der Waals surface area contributed by atoms with Crippen LogP contribution in [-0.2, 0) is 4.74 Å². The Balaban J connectivity index is 1.82. The van der Waals surface area contributed by atoms with E-state index in [1.807, 2.05) is 0 Å². The summed E-state index contributed by atoms with van der Waals surface area (Å²) in [7, 11) is 0. The summed E-state index contributed by atoms with van der Waals surface area (Å²) in [6, 6.07) is 0. The van der Waals surface area contributed by atoms with Crippen LogP contribution in [0, 0.1) is 5.92 Å². The monoisotopic (exact) mass is 199 g/mol. The van der Waals surface area contributed by atoms with Gasteiger partial charge in [-0.3, -0.25) is 0 Å². The highest BCUT2D eigenvalue weighted by atomic mass is 16.5. The third-order valence-corrected chi connectivity index (χ3v) is 2.96. The first-order valence-electron chi connectivity index (χ1n) is 6.22. The van der Waals surface area contributed by atoms with Gasteiger partial charge in [0, 0.05) is 13.2 Å². The number of nitrogens with one attached hydrogen (secondary N) is 1. The van der Waals surface area contributed by atoms with Crippen molar-refractivity contribution < 1.29 is 4.74 Å². The van der Waals surface area contributed by atoms with Gasteiger partial charge < -0.3 is 10.1 Å². The van der Waals surface area contributed by atoms with Crippen molar-refractivity contribution in [1.29, 1.82) is 0 Å². The van der Waals surface area contributed by atoms with Crippen molar-refractivity contribution in [1.82, 2.24) is 5.32 Å². The summed E-state index contributed by atoms with van der Waals surface area (Å²) in [6.45, 7) is 6.59. The van der Waals surface area contributed by atoms with Gasteiger partial charge in [-0.1, -0.05) is 19.8 Å². The summed E-state index contributed by atoms with van der Waals surface area (Å²) in [5, 5.41) is 3.44. The van der Waals surface area contributed by atoms with Crippen molar-refractivity contribution in [3.8, 4) is 0 Å². The highest BCUT2D eigenvalue weighted by Crippen LogP contribution is 2.13. The molecule has 0 aliphatic carbocycles. The Bertz CT molecular complexity index is 121. The molecule has 1 atom stereocenters. The zero-order chi connectivity index (χ0) is 10.1. The zero-order valence-electron chi connectivity index (χ0n) is 9.56. The number of hydrogen-bond acceptors (Lipinski definition) is 2. The molecule has 1 saturated heterocycles. The molecule has 0 amide bonds. The standard InChI is InChI=1S/C12H25NO/c1-2-3-4-9-14-10-7-12-6-5-8-13-11-12/h12-13H,2-11H2,1H3/t12-/m1/s1. The Morgan fingerprint density at radius 3 is 2.93 bits per heavy atom. The van der Waals surface area contributed by atoms with Crippen LogP contribution in [0.15, 0.2) is 0 Å². The molecule has 1 aliphatic rings. The number of ether oxygens (including phenoxy) is 1. The first kappa shape index (κ1) is 12.0. The molecule has 0 radical (unpaired) electrons. The normalized spacial score (nSPS) is 22.5. The van der Waals surface area contributed by atoms with Crippen molar-refractivity contribution in [2.24, 2.45) is 5.92 Å². The van der Waals surface area contributed by atoms with Gasteiger partial charge in [-0.05, 0) is 44.7 Å². The van der Waals surface area contributed by atoms with E-state index in [4.69, 9.17) is 4.74 Å². The van der Waals surface area contributed by atoms with Gasteiger partial charge in [0.15, 0.2) is 0 Å². The molecule has 1 N–H and O–H groups in total. The fraction of sp³-hybridized carbons (Fsp3) is 1.00. The molecule has 0 spiro atoms. The second kappa shape index (κ2) is 8.25. The molecule has 14 heavy (non-hydrogen) atoms. The minimum absolute atomic E-state index is 0.870. The second-order valence-corrected chi connectivity index (χ2v) is 4.32. The van der Waals surface area contributed by atoms with Crippen molar-refractivity contribution in [3.63, 3.8) is 0 Å². The molecule has 0 unspecified atom stereocenters. The molecule has 1 fully saturated rings. The van der Waals surface area contributed by atoms with Gasteiger partial charge in [-0.25, -0.2) is 0 Å². The maximum Gasteiger partial charge on any atom is 0.0469 e. The molecule has 1 heterocycles. The van der Waals surface area contributed by atoms with Crippen molar-refractivity contribution >= 4 is 0 Å². The largest absolute Gasteiger partial charge is 0.381 e. The molecule has 0 aromatic heterocycles. The Morgan fingerprint density at radius 2 is 2.21 bits per heavy atom. The summed E-state index contributed by atoms with van der Waals surface area (Å²) in [4.78, 5) is 0. The SMILES string of the molecule is CCCCCOCC[C@H]1CCCNC1. The van der Waals surface area contributed by atoms with Gasteiger partial charge in [0.2, 0.25) is 0 Å². The third kappa shape index (κ3) is 5.61. The molecular weight excluding hydrogens is 174 g/mol. The zero-order valence-corrected chi connectivity index (χ0v) is 9.56. The Labute approximate surface area is 88.4 Å². The Kier molecular flexibility index (Phi) is 7.06. The fourth-order valence-corrected chi connectivity index (χ4v) is 1.98. The first-order chi connectivity index (χ1) is 6.93. The molecule has 0 saturated carbocycles. The van der Waals surface area contributed by atoms with E-state index in [-0.39, 0.29) is 0 Å². The fourth-order valence-electron chi connectivity index (χ4n) is 1.98. The lowest BCUT2D eigenvalue weighted by Gasteiger charge is -2.22. The summed E-state index contributed by atoms with van der Waals surface area (Å²) < 4.78 is 5.61. The predicted octanol–water partition coefficient (Wildman–Crippen LogP) is 2.58. The summed E-state index contributed by atoms with van der Waals surface area (Å²) in [5.41, 5.74) is 0. The quantitative estimate of drug-likeness (QED) is 0.636. The Morgan fingerprint density at radius 1 is 1.29 bits per heavy atom. The minimum Gasteiger partial charge on any atom is -0.381 e. The highest BCUT2D eigenvalue weighted by Gasteiger charge is 2.11. The van der Waals surface area contributed by atoms with E-state index >= 15 is 0 Å². The molecule has 0 aromatic carbocycles. The van der Waals surface area contributed by atoms with E-state index in [9.17, 15) is 0 Å². The summed E-state index contributed by atoms with van der Waals surface area (Å²) in [6.07, 6.45) is 7.82. The van der Waals surface area contributed by atoms with Crippen LogP contribution in [0.25, 0.3) is 0 Å². The van der Waals surface area contributed by atoms with Crippen LogP contribution in [0.5, 0.6) is 0 Å². The van der Waals surface area contributed by atoms with Crippen LogP contribution >= 0.6 is 0 Å². The van der Waals surface area contributed by atoms with Gasteiger partial charge in [-0.2, -0.15) is 0 Å². The van der Waals surface area contributed by atoms with E-state index in [2.05, 4.69) is 12.2 Å². The van der Waals surface area contributed by atoms with E-state index in [0.717, 1.165) is 19.1 Å². The number of piperidine rings is 1. The van der Waals surface area contributed by atoms with Crippen LogP contribution in [0.1, 0.15) is 45.4 Å². The molecule has 0 aromatic rings. The lowest BCUT2D eigenvalue weighted by Crippen LogP contribution is -2.30. The molecule has 2 nitrogen and oxygen atoms in total. The summed E-state index contributed by atoms with van der Waals surface area (Å²) >= 11 is 0. The van der Waals surface area contributed by atoms with E-state index in [1.54, 1.807) is 0 Å². The molecule has 1 rings (SSSR count). The number of hydrogen-bond donors (Lipinski definition) is 1. The first-order valence-corrected chi connectivity index (χ1v) is 6.22. The van der Waals surface area contributed by atoms with Crippen LogP contribution in [0.3, 0.4) is 0 Å². The second-order valence-electron chi connectivity index (χ2n) is 4.32. The topological polar surface area (TPSA) is 21.3 Å². The number of unbranched alkanes of at least 4 members (excludes halogenated alkanes) is 2. The average molecular weight is 199 g/mol. The van der Waals surface area contributed by atoms with Crippen LogP contribution in [0.2, 0.25) is 0 Å². The number of rotatable bonds is 7. The smallest absolute Gasteiger partial charge is 0.0469 e. The van der Waals surface area contributed by atoms with Gasteiger partial charge in [-0.15, -0.1) is 0 Å². The maximum absolute atomic E-state index is 5.61. The van der Waals surface area contributed by atoms with E-state index in [1.165, 1.54) is 51.6 Å². The average Bonchev–Trinajstić information content (AvgIpc) is 2.25. The van der Waals surface area contributed by atoms with Crippen LogP contribution in [0.4, 0.5) is 0 Å². The van der Waals surface area contributed by atoms with Gasteiger partial charge in [0.1, 0.15) is 0 Å². The minimum atomic E-state index is 0.870. The lowest BCUT2D eigenvalue weighted by molar-refractivity contribution is 0.112. The Hall–Kier alpha value is -0.0800. The van der Waals surface area contributed by atoms with Crippen molar-refractivity contribution in [2.45, 2.75) is 45.4 Å².